The van der Waals surface area contributed by atoms with E-state index in [2.05, 4.69) is 10.3 Å². The first kappa shape index (κ1) is 13.8. The second-order valence-electron chi connectivity index (χ2n) is 3.68. The Morgan fingerprint density at radius 1 is 1.41 bits per heavy atom. The number of nitrogens with zero attached hydrogens (tertiary/aromatic N) is 1. The first-order valence-electron chi connectivity index (χ1n) is 5.22. The van der Waals surface area contributed by atoms with Crippen molar-refractivity contribution in [3.63, 3.8) is 0 Å². The summed E-state index contributed by atoms with van der Waals surface area (Å²) in [4.78, 5) is 4.07. The molecule has 0 amide bonds. The minimum absolute atomic E-state index is 0.371. The van der Waals surface area contributed by atoms with E-state index in [1.54, 1.807) is 26.2 Å². The van der Waals surface area contributed by atoms with Crippen LogP contribution in [0.5, 0.6) is 5.75 Å². The van der Waals surface area contributed by atoms with Crippen LogP contribution in [0.15, 0.2) is 12.3 Å². The lowest BCUT2D eigenvalue weighted by Gasteiger charge is -2.12. The van der Waals surface area contributed by atoms with Crippen LogP contribution in [0, 0.1) is 6.92 Å². The lowest BCUT2D eigenvalue weighted by atomic mass is 10.2. The number of halogens is 3. The molecule has 0 radical (unpaired) electrons. The molecule has 0 fully saturated rings. The summed E-state index contributed by atoms with van der Waals surface area (Å²) in [6.45, 7) is 1.90. The van der Waals surface area contributed by atoms with Gasteiger partial charge in [-0.05, 0) is 14.0 Å². The number of ether oxygens (including phenoxy) is 1. The van der Waals surface area contributed by atoms with Crippen molar-refractivity contribution in [3.05, 3.63) is 23.5 Å². The van der Waals surface area contributed by atoms with Crippen molar-refractivity contribution in [2.45, 2.75) is 26.1 Å². The zero-order chi connectivity index (χ0) is 12.9. The van der Waals surface area contributed by atoms with E-state index in [0.717, 1.165) is 5.56 Å². The number of rotatable bonds is 5. The number of aromatic nitrogens is 1. The predicted octanol–water partition coefficient (Wildman–Crippen LogP) is 2.44. The predicted molar refractivity (Wildman–Crippen MR) is 57.9 cm³/mol. The third kappa shape index (κ3) is 5.04. The van der Waals surface area contributed by atoms with Gasteiger partial charge >= 0.3 is 6.18 Å². The van der Waals surface area contributed by atoms with Crippen molar-refractivity contribution in [2.75, 3.05) is 13.7 Å². The molecule has 0 bridgehead atoms. The highest BCUT2D eigenvalue weighted by Crippen LogP contribution is 2.22. The number of aryl methyl sites for hydroxylation is 1. The molecule has 0 unspecified atom stereocenters. The molecule has 0 aliphatic rings. The number of nitrogens with one attached hydrogen (secondary N) is 1. The van der Waals surface area contributed by atoms with Crippen LogP contribution in [0.4, 0.5) is 13.2 Å². The van der Waals surface area contributed by atoms with E-state index >= 15 is 0 Å². The molecule has 1 aromatic heterocycles. The fourth-order valence-electron chi connectivity index (χ4n) is 1.30. The Hall–Kier alpha value is -1.30. The van der Waals surface area contributed by atoms with Gasteiger partial charge in [0.15, 0.2) is 0 Å². The highest BCUT2D eigenvalue weighted by atomic mass is 19.4. The van der Waals surface area contributed by atoms with Crippen LogP contribution < -0.4 is 10.1 Å². The highest BCUT2D eigenvalue weighted by molar-refractivity contribution is 5.32. The zero-order valence-electron chi connectivity index (χ0n) is 9.77. The van der Waals surface area contributed by atoms with Crippen LogP contribution in [0.25, 0.3) is 0 Å². The standard InChI is InChI=1S/C11H15F3N2O/c1-8-5-10(9(6-15-2)7-16-8)17-4-3-11(12,13)14/h5,7,15H,3-4,6H2,1-2H3. The fourth-order valence-corrected chi connectivity index (χ4v) is 1.30. The molecule has 0 spiro atoms. The minimum Gasteiger partial charge on any atom is -0.493 e. The number of pyridine rings is 1. The summed E-state index contributed by atoms with van der Waals surface area (Å²) in [5, 5.41) is 2.91. The van der Waals surface area contributed by atoms with Gasteiger partial charge in [-0.25, -0.2) is 0 Å². The van der Waals surface area contributed by atoms with Gasteiger partial charge < -0.3 is 10.1 Å². The Bertz CT molecular complexity index is 366. The second-order valence-corrected chi connectivity index (χ2v) is 3.68. The molecule has 1 N–H and O–H groups in total. The molecule has 0 aliphatic heterocycles. The molecule has 3 nitrogen and oxygen atoms in total. The molecule has 1 rings (SSSR count). The van der Waals surface area contributed by atoms with Crippen LogP contribution in [0.3, 0.4) is 0 Å². The summed E-state index contributed by atoms with van der Waals surface area (Å²) >= 11 is 0. The average molecular weight is 248 g/mol. The van der Waals surface area contributed by atoms with E-state index < -0.39 is 12.6 Å². The highest BCUT2D eigenvalue weighted by Gasteiger charge is 2.27. The maximum Gasteiger partial charge on any atom is 0.392 e. The van der Waals surface area contributed by atoms with Crippen LogP contribution in [-0.2, 0) is 6.54 Å². The van der Waals surface area contributed by atoms with Crippen LogP contribution in [0.2, 0.25) is 0 Å². The number of hydrogen-bond acceptors (Lipinski definition) is 3. The molecular formula is C11H15F3N2O. The molecule has 1 aromatic rings. The zero-order valence-corrected chi connectivity index (χ0v) is 9.77. The van der Waals surface area contributed by atoms with Gasteiger partial charge in [-0.2, -0.15) is 13.2 Å². The summed E-state index contributed by atoms with van der Waals surface area (Å²) in [6.07, 6.45) is -3.53. The van der Waals surface area contributed by atoms with Gasteiger partial charge in [0.2, 0.25) is 0 Å². The van der Waals surface area contributed by atoms with Crippen molar-refractivity contribution >= 4 is 0 Å². The monoisotopic (exact) mass is 248 g/mol. The lowest BCUT2D eigenvalue weighted by Crippen LogP contribution is -2.14. The summed E-state index contributed by atoms with van der Waals surface area (Å²) < 4.78 is 41.1. The summed E-state index contributed by atoms with van der Waals surface area (Å²) in [7, 11) is 1.75. The minimum atomic E-state index is -4.19. The fraction of sp³-hybridized carbons (Fsp3) is 0.545. The van der Waals surface area contributed by atoms with E-state index in [0.29, 0.717) is 18.0 Å². The van der Waals surface area contributed by atoms with Crippen molar-refractivity contribution < 1.29 is 17.9 Å². The van der Waals surface area contributed by atoms with Gasteiger partial charge in [0.1, 0.15) is 5.75 Å². The Morgan fingerprint density at radius 2 is 2.12 bits per heavy atom. The van der Waals surface area contributed by atoms with Crippen LogP contribution >= 0.6 is 0 Å². The molecule has 17 heavy (non-hydrogen) atoms. The first-order chi connectivity index (χ1) is 7.92. The van der Waals surface area contributed by atoms with Crippen molar-refractivity contribution in [1.29, 1.82) is 0 Å². The maximum atomic E-state index is 12.0. The number of hydrogen-bond donors (Lipinski definition) is 1. The van der Waals surface area contributed by atoms with E-state index in [-0.39, 0.29) is 6.61 Å². The third-order valence-electron chi connectivity index (χ3n) is 2.09. The quantitative estimate of drug-likeness (QED) is 0.869. The summed E-state index contributed by atoms with van der Waals surface area (Å²) in [5.41, 5.74) is 1.46. The maximum absolute atomic E-state index is 12.0. The van der Waals surface area contributed by atoms with Gasteiger partial charge in [-0.15, -0.1) is 0 Å². The van der Waals surface area contributed by atoms with E-state index in [9.17, 15) is 13.2 Å². The Balaban J connectivity index is 2.65. The van der Waals surface area contributed by atoms with Gasteiger partial charge in [-0.3, -0.25) is 4.98 Å². The smallest absolute Gasteiger partial charge is 0.392 e. The summed E-state index contributed by atoms with van der Waals surface area (Å²) in [5.74, 6) is 0.455. The van der Waals surface area contributed by atoms with Gasteiger partial charge in [0.25, 0.3) is 0 Å². The van der Waals surface area contributed by atoms with Crippen LogP contribution in [-0.4, -0.2) is 24.8 Å². The van der Waals surface area contributed by atoms with Crippen molar-refractivity contribution in [2.24, 2.45) is 0 Å². The molecule has 6 heteroatoms. The molecule has 0 aromatic carbocycles. The number of alkyl halides is 3. The molecule has 0 saturated carbocycles. The second kappa shape index (κ2) is 5.86. The molecule has 0 saturated heterocycles. The van der Waals surface area contributed by atoms with Gasteiger partial charge in [0, 0.05) is 30.1 Å². The van der Waals surface area contributed by atoms with E-state index in [1.807, 2.05) is 0 Å². The molecule has 96 valence electrons. The van der Waals surface area contributed by atoms with Crippen molar-refractivity contribution in [3.8, 4) is 5.75 Å². The largest absolute Gasteiger partial charge is 0.493 e. The average Bonchev–Trinajstić information content (AvgIpc) is 2.20. The topological polar surface area (TPSA) is 34.2 Å². The van der Waals surface area contributed by atoms with Crippen molar-refractivity contribution in [1.82, 2.24) is 10.3 Å². The van der Waals surface area contributed by atoms with E-state index in [4.69, 9.17) is 4.74 Å². The third-order valence-corrected chi connectivity index (χ3v) is 2.09. The van der Waals surface area contributed by atoms with Gasteiger partial charge in [0.05, 0.1) is 13.0 Å². The summed E-state index contributed by atoms with van der Waals surface area (Å²) in [6, 6.07) is 1.64. The van der Waals surface area contributed by atoms with E-state index in [1.165, 1.54) is 0 Å². The molecule has 1 heterocycles. The first-order valence-corrected chi connectivity index (χ1v) is 5.22. The van der Waals surface area contributed by atoms with Crippen LogP contribution in [0.1, 0.15) is 17.7 Å². The molecule has 0 atom stereocenters. The Labute approximate surface area is 98.0 Å². The lowest BCUT2D eigenvalue weighted by molar-refractivity contribution is -0.139. The molecule has 0 aliphatic carbocycles. The molecular weight excluding hydrogens is 233 g/mol. The Morgan fingerprint density at radius 3 is 2.71 bits per heavy atom. The SMILES string of the molecule is CNCc1cnc(C)cc1OCCC(F)(F)F. The Kier molecular flexibility index (Phi) is 4.74. The van der Waals surface area contributed by atoms with Gasteiger partial charge in [-0.1, -0.05) is 0 Å². The normalized spacial score (nSPS) is 11.6.